The summed E-state index contributed by atoms with van der Waals surface area (Å²) >= 11 is 0. The molecule has 0 aromatic carbocycles. The maximum absolute atomic E-state index is 12.2. The van der Waals surface area contributed by atoms with Crippen molar-refractivity contribution in [3.63, 3.8) is 0 Å². The molecule has 5 atom stereocenters. The van der Waals surface area contributed by atoms with Gasteiger partial charge < -0.3 is 14.2 Å². The van der Waals surface area contributed by atoms with Crippen LogP contribution in [0.5, 0.6) is 0 Å². The second-order valence-corrected chi connectivity index (χ2v) is 8.26. The molecule has 27 heavy (non-hydrogen) atoms. The van der Waals surface area contributed by atoms with Gasteiger partial charge in [0.1, 0.15) is 6.10 Å². The molecule has 5 heteroatoms. The van der Waals surface area contributed by atoms with Crippen molar-refractivity contribution in [1.82, 2.24) is 0 Å². The molecule has 0 aromatic heterocycles. The Hall–Kier alpha value is -1.88. The normalized spacial score (nSPS) is 41.0. The Morgan fingerprint density at radius 2 is 2.04 bits per heavy atom. The second kappa shape index (κ2) is 7.63. The number of esters is 2. The van der Waals surface area contributed by atoms with E-state index in [9.17, 15) is 9.59 Å². The molecule has 2 fully saturated rings. The summed E-state index contributed by atoms with van der Waals surface area (Å²) in [6.45, 7) is 11.5. The molecule has 148 valence electrons. The molecule has 1 aliphatic carbocycles. The molecule has 3 aliphatic rings. The minimum absolute atomic E-state index is 0.0650. The zero-order valence-corrected chi connectivity index (χ0v) is 16.7. The summed E-state index contributed by atoms with van der Waals surface area (Å²) in [5, 5.41) is 0. The van der Waals surface area contributed by atoms with E-state index in [0.717, 1.165) is 31.3 Å². The molecule has 0 saturated carbocycles. The Balaban J connectivity index is 1.92. The summed E-state index contributed by atoms with van der Waals surface area (Å²) in [4.78, 5) is 23.9. The quantitative estimate of drug-likeness (QED) is 0.300. The summed E-state index contributed by atoms with van der Waals surface area (Å²) in [5.74, 6) is -0.999. The SMILES string of the molecule is C=C1C(=O)O[C@H]2[C@H]1C[C@@H]1O[C@@]1(C)CC/C=C(\C)CC/C=C(\C)[C@@H]2OC(C)=O. The minimum atomic E-state index is -0.590. The largest absolute Gasteiger partial charge is 0.454 e. The molecule has 0 N–H and O–H groups in total. The highest BCUT2D eigenvalue weighted by molar-refractivity contribution is 5.91. The van der Waals surface area contributed by atoms with Crippen LogP contribution in [-0.4, -0.2) is 35.9 Å². The number of fused-ring (bicyclic) bond motifs is 2. The molecule has 2 saturated heterocycles. The van der Waals surface area contributed by atoms with Crippen LogP contribution in [0.1, 0.15) is 59.8 Å². The third-order valence-corrected chi connectivity index (χ3v) is 6.03. The lowest BCUT2D eigenvalue weighted by Gasteiger charge is -2.27. The maximum Gasteiger partial charge on any atom is 0.334 e. The van der Waals surface area contributed by atoms with Gasteiger partial charge in [0.25, 0.3) is 0 Å². The number of rotatable bonds is 1. The Labute approximate surface area is 161 Å². The van der Waals surface area contributed by atoms with E-state index < -0.39 is 18.2 Å². The van der Waals surface area contributed by atoms with E-state index in [1.807, 2.05) is 6.92 Å². The van der Waals surface area contributed by atoms with Gasteiger partial charge in [0, 0.05) is 18.4 Å². The van der Waals surface area contributed by atoms with E-state index in [2.05, 4.69) is 32.6 Å². The number of hydrogen-bond acceptors (Lipinski definition) is 5. The van der Waals surface area contributed by atoms with Crippen molar-refractivity contribution >= 4 is 11.9 Å². The molecule has 2 heterocycles. The van der Waals surface area contributed by atoms with Gasteiger partial charge in [0.05, 0.1) is 11.7 Å². The molecule has 0 radical (unpaired) electrons. The number of ether oxygens (including phenoxy) is 3. The van der Waals surface area contributed by atoms with Gasteiger partial charge in [-0.05, 0) is 58.4 Å². The van der Waals surface area contributed by atoms with Crippen LogP contribution >= 0.6 is 0 Å². The number of hydrogen-bond donors (Lipinski definition) is 0. The van der Waals surface area contributed by atoms with Crippen molar-refractivity contribution in [1.29, 1.82) is 0 Å². The highest BCUT2D eigenvalue weighted by Gasteiger charge is 2.55. The van der Waals surface area contributed by atoms with E-state index in [1.54, 1.807) is 0 Å². The van der Waals surface area contributed by atoms with E-state index in [-0.39, 0.29) is 23.6 Å². The van der Waals surface area contributed by atoms with Gasteiger partial charge in [-0.25, -0.2) is 4.79 Å². The second-order valence-electron chi connectivity index (χ2n) is 8.26. The molecule has 0 unspecified atom stereocenters. The average Bonchev–Trinajstić information content (AvgIpc) is 3.14. The number of epoxide rings is 1. The molecular weight excluding hydrogens is 344 g/mol. The number of carbonyl (C=O) groups is 2. The maximum atomic E-state index is 12.2. The van der Waals surface area contributed by atoms with Gasteiger partial charge in [-0.15, -0.1) is 0 Å². The van der Waals surface area contributed by atoms with Gasteiger partial charge >= 0.3 is 11.9 Å². The van der Waals surface area contributed by atoms with E-state index >= 15 is 0 Å². The Morgan fingerprint density at radius 1 is 1.30 bits per heavy atom. The fourth-order valence-electron chi connectivity index (χ4n) is 4.17. The van der Waals surface area contributed by atoms with E-state index in [0.29, 0.717) is 12.0 Å². The van der Waals surface area contributed by atoms with Gasteiger partial charge in [0.15, 0.2) is 6.10 Å². The Morgan fingerprint density at radius 3 is 2.74 bits per heavy atom. The van der Waals surface area contributed by atoms with Gasteiger partial charge in [-0.2, -0.15) is 0 Å². The van der Waals surface area contributed by atoms with Crippen molar-refractivity contribution in [2.45, 2.75) is 83.7 Å². The number of allylic oxidation sites excluding steroid dienone is 3. The summed E-state index contributed by atoms with van der Waals surface area (Å²) in [6, 6.07) is 0. The van der Waals surface area contributed by atoms with Gasteiger partial charge in [-0.1, -0.05) is 24.3 Å². The Bertz CT molecular complexity index is 703. The minimum Gasteiger partial charge on any atom is -0.454 e. The van der Waals surface area contributed by atoms with E-state index in [4.69, 9.17) is 14.2 Å². The first kappa shape index (κ1) is 19.9. The van der Waals surface area contributed by atoms with Crippen molar-refractivity contribution in [3.05, 3.63) is 35.5 Å². The summed E-state index contributed by atoms with van der Waals surface area (Å²) in [6.07, 6.45) is 7.70. The molecule has 0 amide bonds. The van der Waals surface area contributed by atoms with Gasteiger partial charge in [0.2, 0.25) is 0 Å². The highest BCUT2D eigenvalue weighted by Crippen LogP contribution is 2.47. The lowest BCUT2D eigenvalue weighted by molar-refractivity contribution is -0.157. The van der Waals surface area contributed by atoms with Crippen molar-refractivity contribution < 1.29 is 23.8 Å². The van der Waals surface area contributed by atoms with Crippen LogP contribution in [0, 0.1) is 5.92 Å². The fraction of sp³-hybridized carbons (Fsp3) is 0.636. The third-order valence-electron chi connectivity index (χ3n) is 6.03. The average molecular weight is 374 g/mol. The molecule has 0 spiro atoms. The van der Waals surface area contributed by atoms with E-state index in [1.165, 1.54) is 12.5 Å². The van der Waals surface area contributed by atoms with Crippen LogP contribution in [0.4, 0.5) is 0 Å². The fourth-order valence-corrected chi connectivity index (χ4v) is 4.17. The number of carbonyl (C=O) groups excluding carboxylic acids is 2. The zero-order valence-electron chi connectivity index (χ0n) is 16.7. The molecule has 0 bridgehead atoms. The molecule has 3 rings (SSSR count). The topological polar surface area (TPSA) is 65.1 Å². The van der Waals surface area contributed by atoms with Gasteiger partial charge in [-0.3, -0.25) is 4.79 Å². The van der Waals surface area contributed by atoms with Crippen molar-refractivity contribution in [3.8, 4) is 0 Å². The first-order chi connectivity index (χ1) is 12.7. The first-order valence-electron chi connectivity index (χ1n) is 9.78. The summed E-state index contributed by atoms with van der Waals surface area (Å²) < 4.78 is 17.2. The molecule has 0 aromatic rings. The smallest absolute Gasteiger partial charge is 0.334 e. The van der Waals surface area contributed by atoms with Crippen LogP contribution in [0.15, 0.2) is 35.5 Å². The van der Waals surface area contributed by atoms with Crippen molar-refractivity contribution in [2.75, 3.05) is 0 Å². The van der Waals surface area contributed by atoms with Crippen LogP contribution in [0.2, 0.25) is 0 Å². The summed E-state index contributed by atoms with van der Waals surface area (Å²) in [5.41, 5.74) is 2.54. The third kappa shape index (κ3) is 4.34. The lowest BCUT2D eigenvalue weighted by Crippen LogP contribution is -2.37. The van der Waals surface area contributed by atoms with Crippen LogP contribution in [0.25, 0.3) is 0 Å². The lowest BCUT2D eigenvalue weighted by atomic mass is 9.84. The van der Waals surface area contributed by atoms with Crippen molar-refractivity contribution in [2.24, 2.45) is 5.92 Å². The molecular formula is C22H30O5. The monoisotopic (exact) mass is 374 g/mol. The summed E-state index contributed by atoms with van der Waals surface area (Å²) in [7, 11) is 0. The Kier molecular flexibility index (Phi) is 5.61. The van der Waals surface area contributed by atoms with Crippen LogP contribution in [0.3, 0.4) is 0 Å². The highest BCUT2D eigenvalue weighted by atomic mass is 16.6. The molecule has 5 nitrogen and oxygen atoms in total. The van der Waals surface area contributed by atoms with Crippen LogP contribution < -0.4 is 0 Å². The standard InChI is InChI=1S/C22H30O5/c1-13-8-6-10-14(2)19(25-16(4)23)20-17(15(3)21(24)26-20)12-18-22(5,27-18)11-7-9-13/h9-10,17-20H,3,6-8,11-12H2,1-2,4-5H3/b13-9+,14-10+/t17-,18-,19-,20-,22-/m0/s1. The predicted octanol–water partition coefficient (Wildman–Crippen LogP) is 4.03. The first-order valence-corrected chi connectivity index (χ1v) is 9.78. The zero-order chi connectivity index (χ0) is 19.8. The van der Waals surface area contributed by atoms with Crippen LogP contribution in [-0.2, 0) is 23.8 Å². The molecule has 2 aliphatic heterocycles. The predicted molar refractivity (Wildman–Crippen MR) is 102 cm³/mol.